The molecule has 0 radical (unpaired) electrons. The Morgan fingerprint density at radius 1 is 1.37 bits per heavy atom. The molecule has 1 aliphatic rings. The van der Waals surface area contributed by atoms with Gasteiger partial charge in [-0.15, -0.1) is 10.2 Å². The molecule has 1 fully saturated rings. The molecule has 0 aromatic carbocycles. The van der Waals surface area contributed by atoms with Gasteiger partial charge < -0.3 is 10.6 Å². The Labute approximate surface area is 112 Å². The lowest BCUT2D eigenvalue weighted by atomic mass is 9.95. The minimum absolute atomic E-state index is 0.510. The van der Waals surface area contributed by atoms with E-state index in [1.807, 2.05) is 10.6 Å². The minimum Gasteiger partial charge on any atom is -0.330 e. The topological polar surface area (TPSA) is 72.3 Å². The number of likely N-dealkylation sites (N-methyl/N-ethyl adjacent to an activating group) is 1. The number of likely N-dealkylation sites (tertiary alicyclic amines) is 1. The van der Waals surface area contributed by atoms with Crippen LogP contribution in [0.2, 0.25) is 0 Å². The smallest absolute Gasteiger partial charge is 0.177 e. The molecule has 0 saturated carbocycles. The quantitative estimate of drug-likeness (QED) is 0.866. The van der Waals surface area contributed by atoms with Crippen molar-refractivity contribution >= 4 is 5.65 Å². The van der Waals surface area contributed by atoms with E-state index in [-0.39, 0.29) is 0 Å². The summed E-state index contributed by atoms with van der Waals surface area (Å²) in [5, 5.41) is 13.0. The Balaban J connectivity index is 1.93. The number of hydrogen-bond donors (Lipinski definition) is 1. The molecule has 2 aromatic heterocycles. The highest BCUT2D eigenvalue weighted by molar-refractivity contribution is 5.37. The average molecular weight is 260 g/mol. The van der Waals surface area contributed by atoms with E-state index in [0.717, 1.165) is 23.7 Å². The Bertz CT molecular complexity index is 563. The van der Waals surface area contributed by atoms with Crippen molar-refractivity contribution in [3.63, 3.8) is 0 Å². The fourth-order valence-electron chi connectivity index (χ4n) is 2.76. The van der Waals surface area contributed by atoms with Crippen LogP contribution in [0.15, 0.2) is 12.1 Å². The summed E-state index contributed by atoms with van der Waals surface area (Å²) in [6.45, 7) is 2.83. The molecule has 102 valence electrons. The normalized spacial score (nSPS) is 21.1. The van der Waals surface area contributed by atoms with Gasteiger partial charge in [-0.05, 0) is 45.1 Å². The van der Waals surface area contributed by atoms with Crippen LogP contribution in [0.5, 0.6) is 0 Å². The van der Waals surface area contributed by atoms with E-state index in [1.54, 1.807) is 0 Å². The van der Waals surface area contributed by atoms with Gasteiger partial charge in [-0.1, -0.05) is 0 Å². The van der Waals surface area contributed by atoms with E-state index in [0.29, 0.717) is 18.9 Å². The molecule has 3 heterocycles. The van der Waals surface area contributed by atoms with Crippen LogP contribution in [0, 0.1) is 0 Å². The number of piperidine rings is 1. The van der Waals surface area contributed by atoms with E-state index in [4.69, 9.17) is 10.8 Å². The number of rotatable bonds is 3. The maximum Gasteiger partial charge on any atom is 0.177 e. The van der Waals surface area contributed by atoms with Gasteiger partial charge in [0.05, 0.1) is 5.69 Å². The average Bonchev–Trinajstić information content (AvgIpc) is 2.82. The highest BCUT2D eigenvalue weighted by Crippen LogP contribution is 2.24. The zero-order chi connectivity index (χ0) is 13.2. The summed E-state index contributed by atoms with van der Waals surface area (Å²) in [7, 11) is 2.17. The first kappa shape index (κ1) is 12.5. The zero-order valence-electron chi connectivity index (χ0n) is 11.3. The van der Waals surface area contributed by atoms with Crippen molar-refractivity contribution in [1.29, 1.82) is 0 Å². The summed E-state index contributed by atoms with van der Waals surface area (Å²) in [6, 6.07) is 4.09. The van der Waals surface area contributed by atoms with E-state index in [2.05, 4.69) is 28.2 Å². The highest BCUT2D eigenvalue weighted by Gasteiger charge is 2.21. The molecule has 0 spiro atoms. The van der Waals surface area contributed by atoms with Gasteiger partial charge in [0, 0.05) is 18.9 Å². The molecule has 1 atom stereocenters. The molecule has 6 nitrogen and oxygen atoms in total. The third-order valence-electron chi connectivity index (χ3n) is 3.76. The van der Waals surface area contributed by atoms with Gasteiger partial charge in [0.25, 0.3) is 0 Å². The van der Waals surface area contributed by atoms with Crippen molar-refractivity contribution in [3.8, 4) is 0 Å². The van der Waals surface area contributed by atoms with E-state index >= 15 is 0 Å². The summed E-state index contributed by atoms with van der Waals surface area (Å²) < 4.78 is 1.84. The fourth-order valence-corrected chi connectivity index (χ4v) is 2.76. The van der Waals surface area contributed by atoms with Crippen LogP contribution in [-0.2, 0) is 6.42 Å². The second-order valence-corrected chi connectivity index (χ2v) is 5.28. The van der Waals surface area contributed by atoms with Crippen molar-refractivity contribution in [3.05, 3.63) is 23.7 Å². The number of nitrogens with zero attached hydrogens (tertiary/aromatic N) is 5. The van der Waals surface area contributed by atoms with Crippen LogP contribution >= 0.6 is 0 Å². The van der Waals surface area contributed by atoms with Crippen molar-refractivity contribution in [2.24, 2.45) is 5.73 Å². The maximum absolute atomic E-state index is 5.59. The van der Waals surface area contributed by atoms with E-state index in [9.17, 15) is 0 Å². The molecule has 3 rings (SSSR count). The van der Waals surface area contributed by atoms with Crippen molar-refractivity contribution < 1.29 is 0 Å². The molecule has 1 saturated heterocycles. The number of fused-ring (bicyclic) bond motifs is 1. The third kappa shape index (κ3) is 2.46. The Hall–Kier alpha value is -1.53. The summed E-state index contributed by atoms with van der Waals surface area (Å²) >= 11 is 0. The zero-order valence-corrected chi connectivity index (χ0v) is 11.3. The molecule has 19 heavy (non-hydrogen) atoms. The summed E-state index contributed by atoms with van der Waals surface area (Å²) in [5.74, 6) is 1.36. The molecule has 0 bridgehead atoms. The lowest BCUT2D eigenvalue weighted by Crippen LogP contribution is -2.31. The summed E-state index contributed by atoms with van der Waals surface area (Å²) in [6.07, 6.45) is 3.15. The number of nitrogens with two attached hydrogens (primary N) is 1. The standard InChI is InChI=1S/C13H20N6/c1-18-8-2-3-10(9-18)11-4-5-12-15-16-13(6-7-14)19(12)17-11/h4-5,10H,2-3,6-9,14H2,1H3. The predicted octanol–water partition coefficient (Wildman–Crippen LogP) is 0.435. The minimum atomic E-state index is 0.510. The molecule has 0 amide bonds. The SMILES string of the molecule is CN1CCCC(c2ccc3nnc(CCN)n3n2)C1. The van der Waals surface area contributed by atoms with Crippen molar-refractivity contribution in [2.75, 3.05) is 26.7 Å². The van der Waals surface area contributed by atoms with Gasteiger partial charge in [-0.25, -0.2) is 0 Å². The molecule has 2 N–H and O–H groups in total. The molecular weight excluding hydrogens is 240 g/mol. The molecule has 1 aliphatic heterocycles. The van der Waals surface area contributed by atoms with Gasteiger partial charge in [0.2, 0.25) is 0 Å². The van der Waals surface area contributed by atoms with Crippen LogP contribution in [0.4, 0.5) is 0 Å². The number of aromatic nitrogens is 4. The Morgan fingerprint density at radius 3 is 3.05 bits per heavy atom. The largest absolute Gasteiger partial charge is 0.330 e. The molecule has 2 aromatic rings. The lowest BCUT2D eigenvalue weighted by molar-refractivity contribution is 0.247. The summed E-state index contributed by atoms with van der Waals surface area (Å²) in [4.78, 5) is 2.37. The Morgan fingerprint density at radius 2 is 2.26 bits per heavy atom. The molecule has 1 unspecified atom stereocenters. The summed E-state index contributed by atoms with van der Waals surface area (Å²) in [5.41, 5.74) is 7.53. The van der Waals surface area contributed by atoms with Crippen LogP contribution < -0.4 is 5.73 Å². The lowest BCUT2D eigenvalue weighted by Gasteiger charge is -2.29. The predicted molar refractivity (Wildman–Crippen MR) is 73.0 cm³/mol. The Kier molecular flexibility index (Phi) is 3.44. The van der Waals surface area contributed by atoms with E-state index < -0.39 is 0 Å². The fraction of sp³-hybridized carbons (Fsp3) is 0.615. The molecule has 6 heteroatoms. The maximum atomic E-state index is 5.59. The van der Waals surface area contributed by atoms with Gasteiger partial charge in [0.15, 0.2) is 11.5 Å². The van der Waals surface area contributed by atoms with Crippen LogP contribution in [0.1, 0.15) is 30.3 Å². The van der Waals surface area contributed by atoms with Gasteiger partial charge >= 0.3 is 0 Å². The van der Waals surface area contributed by atoms with Crippen LogP contribution in [0.25, 0.3) is 5.65 Å². The second kappa shape index (κ2) is 5.22. The molecule has 0 aliphatic carbocycles. The highest BCUT2D eigenvalue weighted by atomic mass is 15.4. The van der Waals surface area contributed by atoms with Crippen molar-refractivity contribution in [1.82, 2.24) is 24.7 Å². The van der Waals surface area contributed by atoms with Gasteiger partial charge in [-0.2, -0.15) is 9.61 Å². The monoisotopic (exact) mass is 260 g/mol. The van der Waals surface area contributed by atoms with E-state index in [1.165, 1.54) is 19.4 Å². The van der Waals surface area contributed by atoms with Crippen LogP contribution in [-0.4, -0.2) is 51.4 Å². The first-order valence-corrected chi connectivity index (χ1v) is 6.88. The van der Waals surface area contributed by atoms with Gasteiger partial charge in [0.1, 0.15) is 0 Å². The first-order valence-electron chi connectivity index (χ1n) is 6.88. The molecular formula is C13H20N6. The van der Waals surface area contributed by atoms with Crippen molar-refractivity contribution in [2.45, 2.75) is 25.2 Å². The van der Waals surface area contributed by atoms with Gasteiger partial charge in [-0.3, -0.25) is 0 Å². The number of hydrogen-bond acceptors (Lipinski definition) is 5. The first-order chi connectivity index (χ1) is 9.28. The second-order valence-electron chi connectivity index (χ2n) is 5.28. The van der Waals surface area contributed by atoms with Crippen LogP contribution in [0.3, 0.4) is 0 Å². The third-order valence-corrected chi connectivity index (χ3v) is 3.76.